The fraction of sp³-hybridized carbons (Fsp3) is 0.316. The summed E-state index contributed by atoms with van der Waals surface area (Å²) in [6.45, 7) is 7.95. The number of amides is 1. The number of hydrogen-bond donors (Lipinski definition) is 2. The van der Waals surface area contributed by atoms with E-state index in [1.807, 2.05) is 13.0 Å². The quantitative estimate of drug-likeness (QED) is 0.759. The van der Waals surface area contributed by atoms with Crippen LogP contribution in [0.5, 0.6) is 0 Å². The highest BCUT2D eigenvalue weighted by Crippen LogP contribution is 2.23. The molecule has 0 fully saturated rings. The third kappa shape index (κ3) is 4.05. The van der Waals surface area contributed by atoms with Gasteiger partial charge >= 0.3 is 0 Å². The number of hydrogen-bond acceptors (Lipinski definition) is 4. The highest BCUT2D eigenvalue weighted by atomic mass is 32.2. The zero-order valence-electron chi connectivity index (χ0n) is 15.5. The highest BCUT2D eigenvalue weighted by Gasteiger charge is 2.23. The number of aryl methyl sites for hydroxylation is 2. The average molecular weight is 375 g/mol. The minimum atomic E-state index is -3.63. The summed E-state index contributed by atoms with van der Waals surface area (Å²) < 4.78 is 26.8. The Hall–Kier alpha value is -2.38. The summed E-state index contributed by atoms with van der Waals surface area (Å²) in [7, 11) is -3.63. The zero-order valence-corrected chi connectivity index (χ0v) is 16.4. The third-order valence-corrected chi connectivity index (χ3v) is 6.35. The van der Waals surface area contributed by atoms with Crippen LogP contribution in [0, 0.1) is 13.8 Å². The van der Waals surface area contributed by atoms with Crippen molar-refractivity contribution in [2.24, 2.45) is 0 Å². The molecule has 0 saturated heterocycles. The molecule has 0 aliphatic carbocycles. The third-order valence-electron chi connectivity index (χ3n) is 4.31. The van der Waals surface area contributed by atoms with Gasteiger partial charge in [0.2, 0.25) is 10.0 Å². The highest BCUT2D eigenvalue weighted by molar-refractivity contribution is 7.89. The van der Waals surface area contributed by atoms with Crippen molar-refractivity contribution in [2.45, 2.75) is 32.6 Å². The number of benzene rings is 2. The standard InChI is InChI=1S/C19H25N3O3S/c1-5-22(6-2)26(24,25)16-10-8-13(3)17(12-16)19(23)21-18-11-15(20)9-7-14(18)4/h7-12H,5-6,20H2,1-4H3,(H,21,23). The van der Waals surface area contributed by atoms with Gasteiger partial charge in [-0.3, -0.25) is 4.79 Å². The molecule has 2 rings (SSSR count). The summed E-state index contributed by atoms with van der Waals surface area (Å²) in [6, 6.07) is 9.87. The van der Waals surface area contributed by atoms with E-state index in [1.54, 1.807) is 39.0 Å². The lowest BCUT2D eigenvalue weighted by Gasteiger charge is -2.19. The maximum atomic E-state index is 12.7. The van der Waals surface area contributed by atoms with Crippen molar-refractivity contribution in [3.05, 3.63) is 53.1 Å². The Labute approximate surface area is 155 Å². The smallest absolute Gasteiger partial charge is 0.255 e. The maximum absolute atomic E-state index is 12.7. The first kappa shape index (κ1) is 19.9. The molecule has 0 spiro atoms. The van der Waals surface area contributed by atoms with Crippen LogP contribution < -0.4 is 11.1 Å². The summed E-state index contributed by atoms with van der Waals surface area (Å²) >= 11 is 0. The van der Waals surface area contributed by atoms with Crippen molar-refractivity contribution in [3.63, 3.8) is 0 Å². The van der Waals surface area contributed by atoms with Gasteiger partial charge in [0.25, 0.3) is 5.91 Å². The van der Waals surface area contributed by atoms with E-state index in [1.165, 1.54) is 16.4 Å². The van der Waals surface area contributed by atoms with E-state index in [4.69, 9.17) is 5.73 Å². The monoisotopic (exact) mass is 375 g/mol. The van der Waals surface area contributed by atoms with Gasteiger partial charge in [-0.05, 0) is 49.2 Å². The number of rotatable bonds is 6. The number of nitrogens with two attached hydrogens (primary N) is 1. The molecule has 2 aromatic carbocycles. The Morgan fingerprint density at radius 3 is 2.27 bits per heavy atom. The van der Waals surface area contributed by atoms with Gasteiger partial charge < -0.3 is 11.1 Å². The van der Waals surface area contributed by atoms with Crippen molar-refractivity contribution in [2.75, 3.05) is 24.1 Å². The normalized spacial score (nSPS) is 11.6. The molecule has 0 heterocycles. The van der Waals surface area contributed by atoms with Crippen LogP contribution in [0.1, 0.15) is 35.3 Å². The van der Waals surface area contributed by atoms with Gasteiger partial charge in [0.15, 0.2) is 0 Å². The molecule has 0 unspecified atom stereocenters. The van der Waals surface area contributed by atoms with Crippen LogP contribution in [0.2, 0.25) is 0 Å². The van der Waals surface area contributed by atoms with E-state index < -0.39 is 10.0 Å². The number of nitrogens with one attached hydrogen (secondary N) is 1. The first-order chi connectivity index (χ1) is 12.2. The zero-order chi connectivity index (χ0) is 19.5. The molecule has 1 amide bonds. The number of carbonyl (C=O) groups excluding carboxylic acids is 1. The van der Waals surface area contributed by atoms with E-state index in [0.29, 0.717) is 35.6 Å². The number of nitrogens with zero attached hydrogens (tertiary/aromatic N) is 1. The number of sulfonamides is 1. The van der Waals surface area contributed by atoms with Crippen LogP contribution in [0.25, 0.3) is 0 Å². The predicted octanol–water partition coefficient (Wildman–Crippen LogP) is 3.17. The topological polar surface area (TPSA) is 92.5 Å². The van der Waals surface area contributed by atoms with Crippen LogP contribution in [0.3, 0.4) is 0 Å². The molecular weight excluding hydrogens is 350 g/mol. The van der Waals surface area contributed by atoms with E-state index in [-0.39, 0.29) is 10.8 Å². The summed E-state index contributed by atoms with van der Waals surface area (Å²) in [5.41, 5.74) is 8.81. The molecule has 0 aliphatic heterocycles. The van der Waals surface area contributed by atoms with Crippen molar-refractivity contribution in [1.29, 1.82) is 0 Å². The molecule has 140 valence electrons. The Morgan fingerprint density at radius 2 is 1.65 bits per heavy atom. The molecule has 0 bridgehead atoms. The lowest BCUT2D eigenvalue weighted by Crippen LogP contribution is -2.30. The Balaban J connectivity index is 2.41. The van der Waals surface area contributed by atoms with Crippen molar-refractivity contribution in [1.82, 2.24) is 4.31 Å². The molecule has 0 saturated carbocycles. The molecule has 7 heteroatoms. The largest absolute Gasteiger partial charge is 0.399 e. The van der Waals surface area contributed by atoms with E-state index in [9.17, 15) is 13.2 Å². The second kappa shape index (κ2) is 7.88. The van der Waals surface area contributed by atoms with Gasteiger partial charge in [-0.2, -0.15) is 4.31 Å². The molecule has 0 radical (unpaired) electrons. The summed E-state index contributed by atoms with van der Waals surface area (Å²) in [5.74, 6) is -0.368. The molecule has 2 aromatic rings. The summed E-state index contributed by atoms with van der Waals surface area (Å²) in [5, 5.41) is 2.82. The number of anilines is 2. The maximum Gasteiger partial charge on any atom is 0.255 e. The molecule has 26 heavy (non-hydrogen) atoms. The van der Waals surface area contributed by atoms with Crippen molar-refractivity contribution >= 4 is 27.3 Å². The van der Waals surface area contributed by atoms with Crippen molar-refractivity contribution < 1.29 is 13.2 Å². The van der Waals surface area contributed by atoms with Gasteiger partial charge in [0, 0.05) is 30.0 Å². The van der Waals surface area contributed by atoms with Crippen LogP contribution in [-0.4, -0.2) is 31.7 Å². The molecule has 6 nitrogen and oxygen atoms in total. The second-order valence-corrected chi connectivity index (χ2v) is 8.03. The van der Waals surface area contributed by atoms with Crippen LogP contribution in [0.15, 0.2) is 41.3 Å². The molecule has 0 aliphatic rings. The van der Waals surface area contributed by atoms with Gasteiger partial charge in [-0.25, -0.2) is 8.42 Å². The van der Waals surface area contributed by atoms with Crippen molar-refractivity contribution in [3.8, 4) is 0 Å². The molecular formula is C19H25N3O3S. The van der Waals surface area contributed by atoms with Gasteiger partial charge in [0.05, 0.1) is 4.90 Å². The minimum absolute atomic E-state index is 0.112. The lowest BCUT2D eigenvalue weighted by atomic mass is 10.1. The van der Waals surface area contributed by atoms with Crippen LogP contribution >= 0.6 is 0 Å². The first-order valence-corrected chi connectivity index (χ1v) is 9.93. The molecule has 0 aromatic heterocycles. The summed E-state index contributed by atoms with van der Waals surface area (Å²) in [4.78, 5) is 12.8. The number of carbonyl (C=O) groups is 1. The summed E-state index contributed by atoms with van der Waals surface area (Å²) in [6.07, 6.45) is 0. The van der Waals surface area contributed by atoms with Crippen LogP contribution in [-0.2, 0) is 10.0 Å². The average Bonchev–Trinajstić information content (AvgIpc) is 2.59. The van der Waals surface area contributed by atoms with E-state index in [2.05, 4.69) is 5.32 Å². The van der Waals surface area contributed by atoms with Gasteiger partial charge in [-0.1, -0.05) is 26.0 Å². The van der Waals surface area contributed by atoms with Crippen LogP contribution in [0.4, 0.5) is 11.4 Å². The second-order valence-electron chi connectivity index (χ2n) is 6.09. The predicted molar refractivity (Wildman–Crippen MR) is 105 cm³/mol. The fourth-order valence-corrected chi connectivity index (χ4v) is 4.17. The first-order valence-electron chi connectivity index (χ1n) is 8.49. The molecule has 3 N–H and O–H groups in total. The number of nitrogen functional groups attached to an aromatic ring is 1. The van der Waals surface area contributed by atoms with Gasteiger partial charge in [-0.15, -0.1) is 0 Å². The SMILES string of the molecule is CCN(CC)S(=O)(=O)c1ccc(C)c(C(=O)Nc2cc(N)ccc2C)c1. The van der Waals surface area contributed by atoms with E-state index in [0.717, 1.165) is 5.56 Å². The lowest BCUT2D eigenvalue weighted by molar-refractivity contribution is 0.102. The Bertz CT molecular complexity index is 920. The fourth-order valence-electron chi connectivity index (χ4n) is 2.68. The van der Waals surface area contributed by atoms with E-state index >= 15 is 0 Å². The Morgan fingerprint density at radius 1 is 1.04 bits per heavy atom. The van der Waals surface area contributed by atoms with Gasteiger partial charge in [0.1, 0.15) is 0 Å². The molecule has 0 atom stereocenters. The Kier molecular flexibility index (Phi) is 6.05. The minimum Gasteiger partial charge on any atom is -0.399 e.